The number of hydrogen-bond acceptors (Lipinski definition) is 5. The van der Waals surface area contributed by atoms with E-state index in [-0.39, 0.29) is 5.91 Å². The maximum Gasteiger partial charge on any atom is 0.301 e. The van der Waals surface area contributed by atoms with Crippen molar-refractivity contribution < 1.29 is 9.21 Å². The molecule has 0 spiro atoms. The predicted octanol–water partition coefficient (Wildman–Crippen LogP) is 1.77. The predicted molar refractivity (Wildman–Crippen MR) is 79.0 cm³/mol. The molecule has 1 rings (SSSR count). The van der Waals surface area contributed by atoms with Crippen molar-refractivity contribution in [2.75, 3.05) is 25.4 Å². The third-order valence-electron chi connectivity index (χ3n) is 3.00. The molecule has 0 saturated heterocycles. The minimum absolute atomic E-state index is 0.307. The molecule has 1 heterocycles. The van der Waals surface area contributed by atoms with Crippen molar-refractivity contribution in [3.05, 3.63) is 23.2 Å². The van der Waals surface area contributed by atoms with Gasteiger partial charge in [0.1, 0.15) is 5.76 Å². The molecule has 5 nitrogen and oxygen atoms in total. The summed E-state index contributed by atoms with van der Waals surface area (Å²) in [6.45, 7) is 9.42. The first-order chi connectivity index (χ1) is 9.12. The number of furan rings is 1. The van der Waals surface area contributed by atoms with E-state index in [2.05, 4.69) is 24.2 Å². The Morgan fingerprint density at radius 3 is 2.74 bits per heavy atom. The molecule has 0 bridgehead atoms. The minimum atomic E-state index is -0.378. The van der Waals surface area contributed by atoms with E-state index in [1.165, 1.54) is 0 Å². The van der Waals surface area contributed by atoms with E-state index in [0.29, 0.717) is 5.76 Å². The lowest BCUT2D eigenvalue weighted by molar-refractivity contribution is 0.0923. The number of thioether (sulfide) groups is 1. The standard InChI is InChI=1S/C13H23N3O2S/c1-4-16(5-2)6-7-19-9-11-8-10(3)12(18-11)13(17)15-14/h8H,4-7,9,14H2,1-3H3,(H,15,17). The van der Waals surface area contributed by atoms with Crippen LogP contribution in [0.15, 0.2) is 10.5 Å². The zero-order valence-electron chi connectivity index (χ0n) is 11.9. The van der Waals surface area contributed by atoms with Gasteiger partial charge >= 0.3 is 5.91 Å². The van der Waals surface area contributed by atoms with Gasteiger partial charge in [-0.05, 0) is 26.1 Å². The molecule has 0 atom stereocenters. The Balaban J connectivity index is 2.40. The fourth-order valence-electron chi connectivity index (χ4n) is 1.82. The summed E-state index contributed by atoms with van der Waals surface area (Å²) in [4.78, 5) is 13.8. The SMILES string of the molecule is CCN(CC)CCSCc1cc(C)c(C(=O)NN)o1. The third kappa shape index (κ3) is 4.89. The van der Waals surface area contributed by atoms with Gasteiger partial charge in [0.15, 0.2) is 5.76 Å². The van der Waals surface area contributed by atoms with Gasteiger partial charge in [-0.15, -0.1) is 0 Å². The molecule has 0 aliphatic rings. The molecule has 0 aliphatic heterocycles. The van der Waals surface area contributed by atoms with Gasteiger partial charge in [0.05, 0.1) is 5.75 Å². The first kappa shape index (κ1) is 16.1. The number of aryl methyl sites for hydroxylation is 1. The number of carbonyl (C=O) groups is 1. The van der Waals surface area contributed by atoms with E-state index >= 15 is 0 Å². The van der Waals surface area contributed by atoms with Gasteiger partial charge in [-0.25, -0.2) is 5.84 Å². The molecular formula is C13H23N3O2S. The van der Waals surface area contributed by atoms with Crippen LogP contribution in [0.1, 0.15) is 35.7 Å². The van der Waals surface area contributed by atoms with Crippen LogP contribution in [0.3, 0.4) is 0 Å². The smallest absolute Gasteiger partial charge is 0.301 e. The Kier molecular flexibility index (Phi) is 6.97. The van der Waals surface area contributed by atoms with Gasteiger partial charge in [-0.3, -0.25) is 10.2 Å². The van der Waals surface area contributed by atoms with Crippen LogP contribution in [-0.4, -0.2) is 36.2 Å². The molecule has 1 aromatic heterocycles. The summed E-state index contributed by atoms with van der Waals surface area (Å²) < 4.78 is 5.50. The molecule has 1 aromatic rings. The topological polar surface area (TPSA) is 71.5 Å². The van der Waals surface area contributed by atoms with Crippen LogP contribution in [0.5, 0.6) is 0 Å². The van der Waals surface area contributed by atoms with Gasteiger partial charge in [-0.2, -0.15) is 11.8 Å². The highest BCUT2D eigenvalue weighted by molar-refractivity contribution is 7.98. The third-order valence-corrected chi connectivity index (χ3v) is 3.96. The van der Waals surface area contributed by atoms with Crippen molar-refractivity contribution in [2.24, 2.45) is 5.84 Å². The number of hydrogen-bond donors (Lipinski definition) is 2. The number of nitrogens with one attached hydrogen (secondary N) is 1. The van der Waals surface area contributed by atoms with E-state index in [1.54, 1.807) is 0 Å². The van der Waals surface area contributed by atoms with Crippen LogP contribution in [-0.2, 0) is 5.75 Å². The highest BCUT2D eigenvalue weighted by Gasteiger charge is 2.14. The maximum absolute atomic E-state index is 11.4. The van der Waals surface area contributed by atoms with Crippen molar-refractivity contribution in [2.45, 2.75) is 26.5 Å². The molecule has 1 amide bonds. The molecule has 19 heavy (non-hydrogen) atoms. The Hall–Kier alpha value is -0.980. The van der Waals surface area contributed by atoms with Crippen molar-refractivity contribution in [1.29, 1.82) is 0 Å². The van der Waals surface area contributed by atoms with Crippen LogP contribution in [0.2, 0.25) is 0 Å². The van der Waals surface area contributed by atoms with E-state index in [1.807, 2.05) is 24.8 Å². The molecule has 3 N–H and O–H groups in total. The Morgan fingerprint density at radius 1 is 1.47 bits per heavy atom. The van der Waals surface area contributed by atoms with Gasteiger partial charge in [0, 0.05) is 17.9 Å². The lowest BCUT2D eigenvalue weighted by Gasteiger charge is -2.16. The molecule has 0 saturated carbocycles. The first-order valence-electron chi connectivity index (χ1n) is 6.52. The number of hydrazine groups is 1. The molecule has 108 valence electrons. The van der Waals surface area contributed by atoms with Crippen LogP contribution in [0, 0.1) is 6.92 Å². The monoisotopic (exact) mass is 285 g/mol. The summed E-state index contributed by atoms with van der Waals surface area (Å²) in [5.41, 5.74) is 2.91. The van der Waals surface area contributed by atoms with Gasteiger partial charge in [0.25, 0.3) is 0 Å². The normalized spacial score (nSPS) is 11.0. The second-order valence-corrected chi connectivity index (χ2v) is 5.38. The van der Waals surface area contributed by atoms with E-state index in [4.69, 9.17) is 10.3 Å². The zero-order valence-corrected chi connectivity index (χ0v) is 12.7. The largest absolute Gasteiger partial charge is 0.455 e. The van der Waals surface area contributed by atoms with Crippen molar-refractivity contribution >= 4 is 17.7 Å². The van der Waals surface area contributed by atoms with Crippen molar-refractivity contribution in [1.82, 2.24) is 10.3 Å². The number of amides is 1. The first-order valence-corrected chi connectivity index (χ1v) is 7.68. The Labute approximate surface area is 118 Å². The Morgan fingerprint density at radius 2 is 2.16 bits per heavy atom. The fraction of sp³-hybridized carbons (Fsp3) is 0.615. The van der Waals surface area contributed by atoms with Crippen LogP contribution in [0.25, 0.3) is 0 Å². The van der Waals surface area contributed by atoms with Crippen molar-refractivity contribution in [3.63, 3.8) is 0 Å². The average Bonchev–Trinajstić information content (AvgIpc) is 2.79. The summed E-state index contributed by atoms with van der Waals surface area (Å²) >= 11 is 1.81. The number of nitrogens with zero attached hydrogens (tertiary/aromatic N) is 1. The van der Waals surface area contributed by atoms with E-state index in [9.17, 15) is 4.79 Å². The number of nitrogens with two attached hydrogens (primary N) is 1. The van der Waals surface area contributed by atoms with Gasteiger partial charge in [-0.1, -0.05) is 13.8 Å². The summed E-state index contributed by atoms with van der Waals surface area (Å²) in [7, 11) is 0. The lowest BCUT2D eigenvalue weighted by atomic mass is 10.2. The van der Waals surface area contributed by atoms with E-state index in [0.717, 1.165) is 42.5 Å². The Bertz CT molecular complexity index is 403. The second kappa shape index (κ2) is 8.24. The van der Waals surface area contributed by atoms with E-state index < -0.39 is 0 Å². The number of nitrogen functional groups attached to an aromatic ring is 1. The van der Waals surface area contributed by atoms with Crippen LogP contribution < -0.4 is 11.3 Å². The van der Waals surface area contributed by atoms with Gasteiger partial charge < -0.3 is 9.32 Å². The average molecular weight is 285 g/mol. The molecule has 0 aliphatic carbocycles. The highest BCUT2D eigenvalue weighted by Crippen LogP contribution is 2.19. The van der Waals surface area contributed by atoms with Crippen LogP contribution >= 0.6 is 11.8 Å². The highest BCUT2D eigenvalue weighted by atomic mass is 32.2. The summed E-state index contributed by atoms with van der Waals surface area (Å²) in [5, 5.41) is 0. The maximum atomic E-state index is 11.4. The zero-order chi connectivity index (χ0) is 14.3. The minimum Gasteiger partial charge on any atom is -0.455 e. The van der Waals surface area contributed by atoms with Crippen molar-refractivity contribution in [3.8, 4) is 0 Å². The molecule has 0 fully saturated rings. The lowest BCUT2D eigenvalue weighted by Crippen LogP contribution is -2.30. The fourth-order valence-corrected chi connectivity index (χ4v) is 2.69. The van der Waals surface area contributed by atoms with Gasteiger partial charge in [0.2, 0.25) is 0 Å². The number of rotatable bonds is 8. The molecule has 6 heteroatoms. The molecule has 0 aromatic carbocycles. The summed E-state index contributed by atoms with van der Waals surface area (Å²) in [6, 6.07) is 1.90. The molecule has 0 unspecified atom stereocenters. The summed E-state index contributed by atoms with van der Waals surface area (Å²) in [5.74, 6) is 7.68. The van der Waals surface area contributed by atoms with Crippen LogP contribution in [0.4, 0.5) is 0 Å². The molecule has 0 radical (unpaired) electrons. The quantitative estimate of drug-likeness (QED) is 0.330. The summed E-state index contributed by atoms with van der Waals surface area (Å²) in [6.07, 6.45) is 0. The number of carbonyl (C=O) groups excluding carboxylic acids is 1. The molecular weight excluding hydrogens is 262 g/mol. The second-order valence-electron chi connectivity index (χ2n) is 4.28.